The van der Waals surface area contributed by atoms with Crippen molar-refractivity contribution in [2.75, 3.05) is 21.3 Å². The Morgan fingerprint density at radius 1 is 1.47 bits per heavy atom. The van der Waals surface area contributed by atoms with Crippen molar-refractivity contribution >= 4 is 11.3 Å². The molecule has 0 spiro atoms. The third-order valence-corrected chi connectivity index (χ3v) is 3.37. The van der Waals surface area contributed by atoms with Crippen LogP contribution in [0.25, 0.3) is 0 Å². The van der Waals surface area contributed by atoms with Gasteiger partial charge in [0.05, 0.1) is 12.3 Å². The predicted molar refractivity (Wildman–Crippen MR) is 61.0 cm³/mol. The van der Waals surface area contributed by atoms with Crippen LogP contribution in [-0.4, -0.2) is 26.3 Å². The quantitative estimate of drug-likeness (QED) is 0.808. The maximum absolute atomic E-state index is 5.25. The topological polar surface area (TPSA) is 43.4 Å². The molecule has 1 N–H and O–H groups in total. The zero-order chi connectivity index (χ0) is 11.3. The molecule has 15 heavy (non-hydrogen) atoms. The number of hydrogen-bond acceptors (Lipinski definition) is 5. The normalized spacial score (nSPS) is 13.1. The summed E-state index contributed by atoms with van der Waals surface area (Å²) in [5.41, 5.74) is 1.01. The minimum atomic E-state index is 0.0520. The first-order chi connectivity index (χ1) is 7.22. The number of ether oxygens (including phenoxy) is 2. The van der Waals surface area contributed by atoms with Crippen molar-refractivity contribution in [1.82, 2.24) is 10.3 Å². The molecule has 4 nitrogen and oxygen atoms in total. The summed E-state index contributed by atoms with van der Waals surface area (Å²) in [6.45, 7) is 3.38. The van der Waals surface area contributed by atoms with Crippen molar-refractivity contribution in [2.24, 2.45) is 0 Å². The summed E-state index contributed by atoms with van der Waals surface area (Å²) in [7, 11) is 5.30. The molecule has 86 valence electrons. The average Bonchev–Trinajstić information content (AvgIpc) is 2.62. The molecule has 0 radical (unpaired) electrons. The van der Waals surface area contributed by atoms with Gasteiger partial charge < -0.3 is 14.8 Å². The van der Waals surface area contributed by atoms with Crippen molar-refractivity contribution in [3.63, 3.8) is 0 Å². The third-order valence-electron chi connectivity index (χ3n) is 2.11. The smallest absolute Gasteiger partial charge is 0.122 e. The highest BCUT2D eigenvalue weighted by atomic mass is 32.1. The Morgan fingerprint density at radius 3 is 2.73 bits per heavy atom. The molecule has 0 aliphatic rings. The first-order valence-corrected chi connectivity index (χ1v) is 5.69. The van der Waals surface area contributed by atoms with E-state index in [4.69, 9.17) is 9.47 Å². The molecule has 5 heteroatoms. The molecular weight excluding hydrogens is 212 g/mol. The molecule has 1 aromatic heterocycles. The standard InChI is InChI=1S/C10H18N2O2S/c1-7(14-4)10-12-8(6-13-3)9(15-10)5-11-2/h7,11H,5-6H2,1-4H3. The van der Waals surface area contributed by atoms with Crippen LogP contribution in [0.15, 0.2) is 0 Å². The van der Waals surface area contributed by atoms with Crippen LogP contribution in [0.1, 0.15) is 28.6 Å². The summed E-state index contributed by atoms with van der Waals surface area (Å²) in [4.78, 5) is 5.74. The number of aromatic nitrogens is 1. The van der Waals surface area contributed by atoms with Gasteiger partial charge in [0.15, 0.2) is 0 Å². The molecule has 0 saturated carbocycles. The molecule has 0 aliphatic carbocycles. The lowest BCUT2D eigenvalue weighted by atomic mass is 10.3. The number of rotatable bonds is 6. The van der Waals surface area contributed by atoms with Crippen molar-refractivity contribution in [2.45, 2.75) is 26.2 Å². The van der Waals surface area contributed by atoms with E-state index in [1.165, 1.54) is 4.88 Å². The van der Waals surface area contributed by atoms with Crippen molar-refractivity contribution in [1.29, 1.82) is 0 Å². The molecule has 0 bridgehead atoms. The average molecular weight is 230 g/mol. The summed E-state index contributed by atoms with van der Waals surface area (Å²) < 4.78 is 10.4. The molecule has 1 rings (SSSR count). The molecule has 0 aliphatic heterocycles. The van der Waals surface area contributed by atoms with Crippen LogP contribution in [0.2, 0.25) is 0 Å². The van der Waals surface area contributed by atoms with Crippen LogP contribution in [0.5, 0.6) is 0 Å². The Hall–Kier alpha value is -0.490. The van der Waals surface area contributed by atoms with E-state index in [0.717, 1.165) is 17.2 Å². The Bertz CT molecular complexity index is 278. The Morgan fingerprint density at radius 2 is 2.20 bits per heavy atom. The highest BCUT2D eigenvalue weighted by molar-refractivity contribution is 7.11. The molecule has 1 atom stereocenters. The molecular formula is C10H18N2O2S. The van der Waals surface area contributed by atoms with E-state index in [-0.39, 0.29) is 6.10 Å². The summed E-state index contributed by atoms with van der Waals surface area (Å²) in [6.07, 6.45) is 0.0520. The van der Waals surface area contributed by atoms with Crippen LogP contribution >= 0.6 is 11.3 Å². The first-order valence-electron chi connectivity index (χ1n) is 4.87. The van der Waals surface area contributed by atoms with E-state index in [2.05, 4.69) is 10.3 Å². The molecule has 1 aromatic rings. The van der Waals surface area contributed by atoms with Crippen molar-refractivity contribution in [3.8, 4) is 0 Å². The second-order valence-corrected chi connectivity index (χ2v) is 4.38. The molecule has 0 saturated heterocycles. The monoisotopic (exact) mass is 230 g/mol. The zero-order valence-electron chi connectivity index (χ0n) is 9.66. The van der Waals surface area contributed by atoms with Gasteiger partial charge in [0.1, 0.15) is 11.1 Å². The lowest BCUT2D eigenvalue weighted by molar-refractivity contribution is 0.118. The van der Waals surface area contributed by atoms with Gasteiger partial charge in [0.2, 0.25) is 0 Å². The van der Waals surface area contributed by atoms with Crippen LogP contribution in [-0.2, 0) is 22.6 Å². The van der Waals surface area contributed by atoms with E-state index < -0.39 is 0 Å². The molecule has 1 heterocycles. The van der Waals surface area contributed by atoms with Gasteiger partial charge in [0, 0.05) is 25.6 Å². The van der Waals surface area contributed by atoms with E-state index >= 15 is 0 Å². The van der Waals surface area contributed by atoms with Gasteiger partial charge >= 0.3 is 0 Å². The first kappa shape index (κ1) is 12.6. The number of methoxy groups -OCH3 is 2. The number of thiazole rings is 1. The van der Waals surface area contributed by atoms with Gasteiger partial charge in [0.25, 0.3) is 0 Å². The molecule has 0 fully saturated rings. The van der Waals surface area contributed by atoms with Crippen LogP contribution in [0.4, 0.5) is 0 Å². The fraction of sp³-hybridized carbons (Fsp3) is 0.700. The largest absolute Gasteiger partial charge is 0.378 e. The number of nitrogens with zero attached hydrogens (tertiary/aromatic N) is 1. The van der Waals surface area contributed by atoms with Gasteiger partial charge in [-0.15, -0.1) is 11.3 Å². The van der Waals surface area contributed by atoms with Crippen LogP contribution in [0.3, 0.4) is 0 Å². The second-order valence-electron chi connectivity index (χ2n) is 3.26. The summed E-state index contributed by atoms with van der Waals surface area (Å²) >= 11 is 1.68. The minimum absolute atomic E-state index is 0.0520. The summed E-state index contributed by atoms with van der Waals surface area (Å²) in [5, 5.41) is 4.14. The third kappa shape index (κ3) is 3.24. The highest BCUT2D eigenvalue weighted by Crippen LogP contribution is 2.25. The number of nitrogens with one attached hydrogen (secondary N) is 1. The summed E-state index contributed by atoms with van der Waals surface area (Å²) in [5.74, 6) is 0. The fourth-order valence-corrected chi connectivity index (χ4v) is 2.34. The highest BCUT2D eigenvalue weighted by Gasteiger charge is 2.14. The van der Waals surface area contributed by atoms with Gasteiger partial charge in [-0.25, -0.2) is 4.98 Å². The molecule has 0 amide bonds. The SMILES string of the molecule is CNCc1sc(C(C)OC)nc1COC. The zero-order valence-corrected chi connectivity index (χ0v) is 10.5. The lowest BCUT2D eigenvalue weighted by Crippen LogP contribution is -2.06. The Labute approximate surface area is 94.6 Å². The maximum Gasteiger partial charge on any atom is 0.122 e. The fourth-order valence-electron chi connectivity index (χ4n) is 1.23. The maximum atomic E-state index is 5.25. The molecule has 0 aromatic carbocycles. The number of hydrogen-bond donors (Lipinski definition) is 1. The lowest BCUT2D eigenvalue weighted by Gasteiger charge is -2.03. The van der Waals surface area contributed by atoms with E-state index in [0.29, 0.717) is 6.61 Å². The van der Waals surface area contributed by atoms with E-state index in [9.17, 15) is 0 Å². The van der Waals surface area contributed by atoms with Gasteiger partial charge in [-0.2, -0.15) is 0 Å². The second kappa shape index (κ2) is 6.17. The van der Waals surface area contributed by atoms with E-state index in [1.807, 2.05) is 14.0 Å². The molecule has 1 unspecified atom stereocenters. The van der Waals surface area contributed by atoms with Crippen LogP contribution in [0, 0.1) is 0 Å². The van der Waals surface area contributed by atoms with Gasteiger partial charge in [-0.1, -0.05) is 0 Å². The predicted octanol–water partition coefficient (Wildman–Crippen LogP) is 1.72. The minimum Gasteiger partial charge on any atom is -0.378 e. The Kier molecular flexibility index (Phi) is 5.17. The van der Waals surface area contributed by atoms with Crippen molar-refractivity contribution in [3.05, 3.63) is 15.6 Å². The van der Waals surface area contributed by atoms with Crippen LogP contribution < -0.4 is 5.32 Å². The van der Waals surface area contributed by atoms with E-state index in [1.54, 1.807) is 25.6 Å². The van der Waals surface area contributed by atoms with Gasteiger partial charge in [-0.05, 0) is 14.0 Å². The van der Waals surface area contributed by atoms with Gasteiger partial charge in [-0.3, -0.25) is 0 Å². The summed E-state index contributed by atoms with van der Waals surface area (Å²) in [6, 6.07) is 0. The van der Waals surface area contributed by atoms with Crippen molar-refractivity contribution < 1.29 is 9.47 Å². The Balaban J connectivity index is 2.87.